The van der Waals surface area contributed by atoms with Crippen molar-refractivity contribution in [1.29, 1.82) is 5.26 Å². The summed E-state index contributed by atoms with van der Waals surface area (Å²) in [6.45, 7) is 0.0733. The summed E-state index contributed by atoms with van der Waals surface area (Å²) in [7, 11) is 1.84. The summed E-state index contributed by atoms with van der Waals surface area (Å²) >= 11 is 0. The zero-order chi connectivity index (χ0) is 30.6. The van der Waals surface area contributed by atoms with Crippen LogP contribution in [0.15, 0.2) is 42.7 Å². The van der Waals surface area contributed by atoms with Crippen molar-refractivity contribution in [2.24, 2.45) is 18.9 Å². The zero-order valence-corrected chi connectivity index (χ0v) is 23.6. The number of aromatic nitrogens is 3. The lowest BCUT2D eigenvalue weighted by Crippen LogP contribution is -2.43. The summed E-state index contributed by atoms with van der Waals surface area (Å²) in [5.74, 6) is -2.83. The van der Waals surface area contributed by atoms with Crippen LogP contribution >= 0.6 is 0 Å². The van der Waals surface area contributed by atoms with Gasteiger partial charge in [0.2, 0.25) is 5.92 Å². The molecule has 6 rings (SSSR count). The van der Waals surface area contributed by atoms with Gasteiger partial charge in [0.05, 0.1) is 18.2 Å². The van der Waals surface area contributed by atoms with Crippen LogP contribution in [0, 0.1) is 23.2 Å². The largest absolute Gasteiger partial charge is 0.416 e. The zero-order valence-electron chi connectivity index (χ0n) is 23.6. The molecule has 1 aliphatic heterocycles. The number of alkyl halides is 5. The van der Waals surface area contributed by atoms with E-state index in [9.17, 15) is 32.0 Å². The van der Waals surface area contributed by atoms with Crippen LogP contribution in [0.4, 0.5) is 27.6 Å². The van der Waals surface area contributed by atoms with E-state index in [-0.39, 0.29) is 61.0 Å². The van der Waals surface area contributed by atoms with Crippen LogP contribution in [0.2, 0.25) is 0 Å². The molecule has 2 heterocycles. The number of aryl methyl sites for hydroxylation is 1. The highest BCUT2D eigenvalue weighted by Gasteiger charge is 2.47. The second-order valence-corrected chi connectivity index (χ2v) is 12.3. The molecule has 0 bridgehead atoms. The quantitative estimate of drug-likeness (QED) is 0.325. The van der Waals surface area contributed by atoms with Crippen molar-refractivity contribution in [2.75, 3.05) is 11.4 Å². The average molecular weight is 599 g/mol. The minimum Gasteiger partial charge on any atom is -0.321 e. The summed E-state index contributed by atoms with van der Waals surface area (Å²) in [4.78, 5) is 15.0. The fourth-order valence-corrected chi connectivity index (χ4v) is 6.90. The molecule has 7 nitrogen and oxygen atoms in total. The fraction of sp³-hybridized carbons (Fsp3) is 0.484. The van der Waals surface area contributed by atoms with Crippen LogP contribution in [0.5, 0.6) is 0 Å². The fourth-order valence-electron chi connectivity index (χ4n) is 6.90. The first-order chi connectivity index (χ1) is 20.4. The van der Waals surface area contributed by atoms with E-state index >= 15 is 0 Å². The molecule has 0 radical (unpaired) electrons. The lowest BCUT2D eigenvalue weighted by molar-refractivity contribution is -0.138. The minimum atomic E-state index is -4.68. The van der Waals surface area contributed by atoms with Crippen molar-refractivity contribution in [3.05, 3.63) is 76.4 Å². The molecule has 12 heteroatoms. The van der Waals surface area contributed by atoms with E-state index in [1.165, 1.54) is 11.0 Å². The van der Waals surface area contributed by atoms with Gasteiger partial charge in [-0.05, 0) is 72.7 Å². The van der Waals surface area contributed by atoms with Gasteiger partial charge < -0.3 is 14.8 Å². The Labute approximate surface area is 245 Å². The molecule has 2 aliphatic carbocycles. The Balaban J connectivity index is 1.25. The predicted octanol–water partition coefficient (Wildman–Crippen LogP) is 5.93. The number of amides is 1. The highest BCUT2D eigenvalue weighted by molar-refractivity contribution is 6.10. The third kappa shape index (κ3) is 5.62. The standard InChI is InChI=1S/C31H31F5N6O/c1-41-18-39-40-27(41)13-29(10-21(11-29)14-37)22-3-2-4-23(9-22)42-17-25-24(28(42)43)7-20(8-26(25)31(34,35)36)16-38-15-19-5-6-30(32,33)12-19/h2-4,7-9,18-19,21,38H,5-6,10-13,15-17H2,1H3. The molecule has 1 atom stereocenters. The first kappa shape index (κ1) is 29.2. The third-order valence-corrected chi connectivity index (χ3v) is 9.20. The van der Waals surface area contributed by atoms with Crippen LogP contribution in [0.25, 0.3) is 0 Å². The number of carbonyl (C=O) groups excluding carboxylic acids is 1. The van der Waals surface area contributed by atoms with E-state index in [1.807, 2.05) is 23.7 Å². The number of fused-ring (bicyclic) bond motifs is 1. The molecular weight excluding hydrogens is 567 g/mol. The van der Waals surface area contributed by atoms with Gasteiger partial charge in [-0.15, -0.1) is 10.2 Å². The number of carbonyl (C=O) groups is 1. The Morgan fingerprint density at radius 2 is 1.95 bits per heavy atom. The molecule has 43 heavy (non-hydrogen) atoms. The SMILES string of the molecule is Cn1cnnc1CC1(c2cccc(N3Cc4c(cc(CNCC5CCC(F)(F)C5)cc4C(F)(F)F)C3=O)c2)CC(C#N)C1. The monoisotopic (exact) mass is 598 g/mol. The normalized spacial score (nSPS) is 24.6. The van der Waals surface area contributed by atoms with Crippen LogP contribution in [-0.4, -0.2) is 33.1 Å². The first-order valence-corrected chi connectivity index (χ1v) is 14.3. The summed E-state index contributed by atoms with van der Waals surface area (Å²) in [6.07, 6.45) is -1.39. The Hall–Kier alpha value is -3.85. The van der Waals surface area contributed by atoms with Gasteiger partial charge in [-0.25, -0.2) is 8.78 Å². The second kappa shape index (κ2) is 10.7. The topological polar surface area (TPSA) is 86.8 Å². The van der Waals surface area contributed by atoms with E-state index in [2.05, 4.69) is 21.6 Å². The van der Waals surface area contributed by atoms with Crippen molar-refractivity contribution in [3.8, 4) is 6.07 Å². The van der Waals surface area contributed by atoms with Crippen LogP contribution in [0.3, 0.4) is 0 Å². The number of nitrogens with one attached hydrogen (secondary N) is 1. The van der Waals surface area contributed by atoms with Gasteiger partial charge in [-0.1, -0.05) is 12.1 Å². The molecule has 1 unspecified atom stereocenters. The van der Waals surface area contributed by atoms with E-state index in [1.54, 1.807) is 18.5 Å². The number of nitrogens with zero attached hydrogens (tertiary/aromatic N) is 5. The Bertz CT molecular complexity index is 1590. The molecule has 1 N–H and O–H groups in total. The number of nitriles is 1. The highest BCUT2D eigenvalue weighted by atomic mass is 19.4. The Kier molecular flexibility index (Phi) is 7.27. The van der Waals surface area contributed by atoms with Gasteiger partial charge in [-0.3, -0.25) is 4.79 Å². The lowest BCUT2D eigenvalue weighted by Gasteiger charge is -2.45. The molecule has 1 amide bonds. The number of rotatable bonds is 8. The summed E-state index contributed by atoms with van der Waals surface area (Å²) < 4.78 is 71.5. The molecule has 3 aromatic rings. The molecule has 2 saturated carbocycles. The molecule has 226 valence electrons. The summed E-state index contributed by atoms with van der Waals surface area (Å²) in [6, 6.07) is 12.1. The number of halogens is 5. The van der Waals surface area contributed by atoms with Crippen molar-refractivity contribution in [1.82, 2.24) is 20.1 Å². The molecule has 3 aliphatic rings. The molecule has 0 spiro atoms. The number of benzene rings is 2. The van der Waals surface area contributed by atoms with E-state index < -0.39 is 29.0 Å². The van der Waals surface area contributed by atoms with Gasteiger partial charge in [-0.2, -0.15) is 18.4 Å². The molecule has 2 fully saturated rings. The van der Waals surface area contributed by atoms with E-state index in [4.69, 9.17) is 0 Å². The average Bonchev–Trinajstić information content (AvgIpc) is 3.61. The highest BCUT2D eigenvalue weighted by Crippen LogP contribution is 2.50. The number of anilines is 1. The molecule has 0 saturated heterocycles. The van der Waals surface area contributed by atoms with Gasteiger partial charge >= 0.3 is 6.18 Å². The summed E-state index contributed by atoms with van der Waals surface area (Å²) in [5, 5.41) is 20.7. The van der Waals surface area contributed by atoms with Crippen molar-refractivity contribution in [2.45, 2.75) is 69.1 Å². The van der Waals surface area contributed by atoms with E-state index in [0.717, 1.165) is 17.5 Å². The van der Waals surface area contributed by atoms with Crippen LogP contribution < -0.4 is 10.2 Å². The van der Waals surface area contributed by atoms with Gasteiger partial charge in [0, 0.05) is 55.4 Å². The van der Waals surface area contributed by atoms with Gasteiger partial charge in [0.25, 0.3) is 5.91 Å². The molecule has 2 aromatic carbocycles. The maximum Gasteiger partial charge on any atom is 0.416 e. The van der Waals surface area contributed by atoms with Crippen LogP contribution in [0.1, 0.15) is 70.5 Å². The molecular formula is C31H31F5N6O. The maximum atomic E-state index is 14.2. The van der Waals surface area contributed by atoms with Gasteiger partial charge in [0.1, 0.15) is 12.2 Å². The number of hydrogen-bond donors (Lipinski definition) is 1. The minimum absolute atomic E-state index is 0.00795. The van der Waals surface area contributed by atoms with Crippen molar-refractivity contribution < 1.29 is 26.7 Å². The number of hydrogen-bond acceptors (Lipinski definition) is 5. The van der Waals surface area contributed by atoms with Crippen molar-refractivity contribution >= 4 is 11.6 Å². The Morgan fingerprint density at radius 1 is 1.16 bits per heavy atom. The van der Waals surface area contributed by atoms with E-state index in [0.29, 0.717) is 31.4 Å². The third-order valence-electron chi connectivity index (χ3n) is 9.20. The van der Waals surface area contributed by atoms with Crippen molar-refractivity contribution in [3.63, 3.8) is 0 Å². The maximum absolute atomic E-state index is 14.2. The Morgan fingerprint density at radius 3 is 2.60 bits per heavy atom. The smallest absolute Gasteiger partial charge is 0.321 e. The molecule has 1 aromatic heterocycles. The van der Waals surface area contributed by atoms with Gasteiger partial charge in [0.15, 0.2) is 0 Å². The first-order valence-electron chi connectivity index (χ1n) is 14.3. The second-order valence-electron chi connectivity index (χ2n) is 12.3. The van der Waals surface area contributed by atoms with Crippen LogP contribution in [-0.2, 0) is 38.1 Å². The lowest BCUT2D eigenvalue weighted by atomic mass is 9.57. The predicted molar refractivity (Wildman–Crippen MR) is 147 cm³/mol. The summed E-state index contributed by atoms with van der Waals surface area (Å²) in [5.41, 5.74) is 0.283.